The highest BCUT2D eigenvalue weighted by Gasteiger charge is 2.45. The highest BCUT2D eigenvalue weighted by Crippen LogP contribution is 2.46. The topological polar surface area (TPSA) is 32.3 Å². The molecule has 2 rings (SSSR count). The SMILES string of the molecule is CCCC1NC(CCC)N(CC2(C)CC2)C1=O. The first-order valence-corrected chi connectivity index (χ1v) is 7.16. The maximum absolute atomic E-state index is 12.3. The summed E-state index contributed by atoms with van der Waals surface area (Å²) in [6.07, 6.45) is 7.14. The van der Waals surface area contributed by atoms with Crippen molar-refractivity contribution in [2.24, 2.45) is 5.41 Å². The van der Waals surface area contributed by atoms with Crippen LogP contribution in [0.15, 0.2) is 0 Å². The lowest BCUT2D eigenvalue weighted by atomic mass is 10.1. The van der Waals surface area contributed by atoms with Gasteiger partial charge in [-0.1, -0.05) is 33.6 Å². The standard InChI is InChI=1S/C14H26N2O/c1-4-6-11-13(17)16(10-14(3)8-9-14)12(15-11)7-5-2/h11-12,15H,4-10H2,1-3H3. The molecule has 1 heterocycles. The van der Waals surface area contributed by atoms with Crippen LogP contribution in [0, 0.1) is 5.41 Å². The summed E-state index contributed by atoms with van der Waals surface area (Å²) >= 11 is 0. The Kier molecular flexibility index (Phi) is 3.76. The van der Waals surface area contributed by atoms with Crippen LogP contribution in [0.4, 0.5) is 0 Å². The van der Waals surface area contributed by atoms with Gasteiger partial charge in [-0.15, -0.1) is 0 Å². The molecule has 2 unspecified atom stereocenters. The van der Waals surface area contributed by atoms with Crippen molar-refractivity contribution >= 4 is 5.91 Å². The molecule has 1 amide bonds. The van der Waals surface area contributed by atoms with Gasteiger partial charge in [0.1, 0.15) is 0 Å². The van der Waals surface area contributed by atoms with Crippen LogP contribution in [0.5, 0.6) is 0 Å². The molecule has 17 heavy (non-hydrogen) atoms. The van der Waals surface area contributed by atoms with Gasteiger partial charge in [-0.3, -0.25) is 10.1 Å². The Labute approximate surface area is 105 Å². The van der Waals surface area contributed by atoms with E-state index >= 15 is 0 Å². The second-order valence-electron chi connectivity index (χ2n) is 6.09. The molecule has 3 heteroatoms. The number of hydrogen-bond acceptors (Lipinski definition) is 2. The van der Waals surface area contributed by atoms with Crippen molar-refractivity contribution in [2.45, 2.75) is 71.5 Å². The van der Waals surface area contributed by atoms with E-state index in [4.69, 9.17) is 0 Å². The minimum atomic E-state index is 0.0823. The fraction of sp³-hybridized carbons (Fsp3) is 0.929. The Morgan fingerprint density at radius 3 is 2.47 bits per heavy atom. The van der Waals surface area contributed by atoms with Crippen molar-refractivity contribution in [3.05, 3.63) is 0 Å². The lowest BCUT2D eigenvalue weighted by Gasteiger charge is -2.26. The summed E-state index contributed by atoms with van der Waals surface area (Å²) in [7, 11) is 0. The zero-order valence-electron chi connectivity index (χ0n) is 11.5. The average Bonchev–Trinajstić information content (AvgIpc) is 2.95. The van der Waals surface area contributed by atoms with E-state index in [2.05, 4.69) is 31.0 Å². The molecule has 1 aliphatic carbocycles. The van der Waals surface area contributed by atoms with Gasteiger partial charge in [-0.25, -0.2) is 0 Å². The zero-order chi connectivity index (χ0) is 12.5. The van der Waals surface area contributed by atoms with E-state index in [1.807, 2.05) is 0 Å². The summed E-state index contributed by atoms with van der Waals surface area (Å²) in [5.41, 5.74) is 0.421. The van der Waals surface area contributed by atoms with Crippen LogP contribution in [-0.4, -0.2) is 29.6 Å². The predicted octanol–water partition coefficient (Wildman–Crippen LogP) is 2.51. The molecule has 0 aromatic carbocycles. The van der Waals surface area contributed by atoms with Gasteiger partial charge >= 0.3 is 0 Å². The molecule has 0 radical (unpaired) electrons. The molecular weight excluding hydrogens is 212 g/mol. The van der Waals surface area contributed by atoms with Gasteiger partial charge in [0, 0.05) is 6.54 Å². The number of carbonyl (C=O) groups excluding carboxylic acids is 1. The highest BCUT2D eigenvalue weighted by atomic mass is 16.2. The third kappa shape index (κ3) is 2.82. The lowest BCUT2D eigenvalue weighted by Crippen LogP contribution is -2.40. The van der Waals surface area contributed by atoms with Crippen LogP contribution >= 0.6 is 0 Å². The number of carbonyl (C=O) groups is 1. The first-order chi connectivity index (χ1) is 8.09. The van der Waals surface area contributed by atoms with E-state index in [0.29, 0.717) is 17.5 Å². The van der Waals surface area contributed by atoms with Crippen molar-refractivity contribution in [3.63, 3.8) is 0 Å². The number of nitrogens with zero attached hydrogens (tertiary/aromatic N) is 1. The Morgan fingerprint density at radius 2 is 1.94 bits per heavy atom. The van der Waals surface area contributed by atoms with Crippen LogP contribution in [0.25, 0.3) is 0 Å². The minimum absolute atomic E-state index is 0.0823. The second kappa shape index (κ2) is 4.97. The molecule has 1 saturated carbocycles. The van der Waals surface area contributed by atoms with Crippen molar-refractivity contribution < 1.29 is 4.79 Å². The van der Waals surface area contributed by atoms with Gasteiger partial charge in [-0.2, -0.15) is 0 Å². The number of amides is 1. The molecule has 2 atom stereocenters. The summed E-state index contributed by atoms with van der Waals surface area (Å²) in [4.78, 5) is 14.5. The Balaban J connectivity index is 2.00. The molecule has 98 valence electrons. The van der Waals surface area contributed by atoms with Gasteiger partial charge in [0.05, 0.1) is 12.2 Å². The Bertz CT molecular complexity index is 286. The normalized spacial score (nSPS) is 31.0. The maximum Gasteiger partial charge on any atom is 0.241 e. The third-order valence-corrected chi connectivity index (χ3v) is 4.15. The van der Waals surface area contributed by atoms with E-state index < -0.39 is 0 Å². The third-order valence-electron chi connectivity index (χ3n) is 4.15. The number of rotatable bonds is 6. The molecule has 1 saturated heterocycles. The Morgan fingerprint density at radius 1 is 1.29 bits per heavy atom. The van der Waals surface area contributed by atoms with Gasteiger partial charge in [0.25, 0.3) is 0 Å². The largest absolute Gasteiger partial charge is 0.325 e. The fourth-order valence-corrected chi connectivity index (χ4v) is 2.73. The predicted molar refractivity (Wildman–Crippen MR) is 69.6 cm³/mol. The summed E-state index contributed by atoms with van der Waals surface area (Å²) < 4.78 is 0. The molecule has 0 aromatic rings. The Hall–Kier alpha value is -0.570. The summed E-state index contributed by atoms with van der Waals surface area (Å²) in [5, 5.41) is 3.52. The summed E-state index contributed by atoms with van der Waals surface area (Å²) in [6.45, 7) is 7.60. The molecule has 0 spiro atoms. The van der Waals surface area contributed by atoms with Crippen molar-refractivity contribution in [3.8, 4) is 0 Å². The number of nitrogens with one attached hydrogen (secondary N) is 1. The van der Waals surface area contributed by atoms with Crippen molar-refractivity contribution in [1.82, 2.24) is 10.2 Å². The molecule has 0 aromatic heterocycles. The molecule has 2 aliphatic rings. The quantitative estimate of drug-likeness (QED) is 0.771. The smallest absolute Gasteiger partial charge is 0.241 e. The molecule has 1 N–H and O–H groups in total. The van der Waals surface area contributed by atoms with E-state index in [1.165, 1.54) is 12.8 Å². The summed E-state index contributed by atoms with van der Waals surface area (Å²) in [5.74, 6) is 0.346. The number of hydrogen-bond donors (Lipinski definition) is 1. The van der Waals surface area contributed by atoms with Crippen LogP contribution in [0.2, 0.25) is 0 Å². The minimum Gasteiger partial charge on any atom is -0.325 e. The first-order valence-electron chi connectivity index (χ1n) is 7.16. The van der Waals surface area contributed by atoms with Crippen LogP contribution < -0.4 is 5.32 Å². The molecular formula is C14H26N2O. The van der Waals surface area contributed by atoms with Gasteiger partial charge < -0.3 is 4.90 Å². The van der Waals surface area contributed by atoms with E-state index in [1.54, 1.807) is 0 Å². The van der Waals surface area contributed by atoms with Gasteiger partial charge in [-0.05, 0) is 31.1 Å². The molecule has 0 bridgehead atoms. The van der Waals surface area contributed by atoms with Gasteiger partial charge in [0.2, 0.25) is 5.91 Å². The first kappa shape index (κ1) is 12.9. The van der Waals surface area contributed by atoms with Crippen molar-refractivity contribution in [1.29, 1.82) is 0 Å². The van der Waals surface area contributed by atoms with Crippen molar-refractivity contribution in [2.75, 3.05) is 6.54 Å². The molecule has 3 nitrogen and oxygen atoms in total. The van der Waals surface area contributed by atoms with Gasteiger partial charge in [0.15, 0.2) is 0 Å². The average molecular weight is 238 g/mol. The van der Waals surface area contributed by atoms with Crippen LogP contribution in [0.3, 0.4) is 0 Å². The summed E-state index contributed by atoms with van der Waals surface area (Å²) in [6, 6.07) is 0.0823. The maximum atomic E-state index is 12.3. The lowest BCUT2D eigenvalue weighted by molar-refractivity contribution is -0.131. The van der Waals surface area contributed by atoms with E-state index in [-0.39, 0.29) is 6.04 Å². The zero-order valence-corrected chi connectivity index (χ0v) is 11.5. The molecule has 2 fully saturated rings. The molecule has 1 aliphatic heterocycles. The monoisotopic (exact) mass is 238 g/mol. The second-order valence-corrected chi connectivity index (χ2v) is 6.09. The van der Waals surface area contributed by atoms with E-state index in [9.17, 15) is 4.79 Å². The highest BCUT2D eigenvalue weighted by molar-refractivity contribution is 5.84. The van der Waals surface area contributed by atoms with E-state index in [0.717, 1.165) is 32.2 Å². The fourth-order valence-electron chi connectivity index (χ4n) is 2.73. The van der Waals surface area contributed by atoms with Crippen LogP contribution in [0.1, 0.15) is 59.3 Å². The van der Waals surface area contributed by atoms with Crippen LogP contribution in [-0.2, 0) is 4.79 Å².